The first-order valence-electron chi connectivity index (χ1n) is 4.86. The van der Waals surface area contributed by atoms with Crippen molar-refractivity contribution in [1.82, 2.24) is 5.06 Å². The molecule has 0 bridgehead atoms. The number of esters is 1. The van der Waals surface area contributed by atoms with Crippen molar-refractivity contribution in [2.75, 3.05) is 20.8 Å². The Balaban J connectivity index is 3.70. The lowest BCUT2D eigenvalue weighted by Crippen LogP contribution is -2.22. The normalized spacial score (nSPS) is 10.9. The van der Waals surface area contributed by atoms with Crippen LogP contribution in [0.2, 0.25) is 0 Å². The molecule has 0 radical (unpaired) electrons. The fourth-order valence-electron chi connectivity index (χ4n) is 0.778. The molecule has 5 heteroatoms. The molecule has 1 amide bonds. The minimum atomic E-state index is -0.291. The molecule has 0 atom stereocenters. The number of amides is 1. The van der Waals surface area contributed by atoms with Crippen molar-refractivity contribution in [1.29, 1.82) is 0 Å². The Kier molecular flexibility index (Phi) is 7.79. The van der Waals surface area contributed by atoms with Gasteiger partial charge in [0.05, 0.1) is 13.7 Å². The van der Waals surface area contributed by atoms with Gasteiger partial charge in [0.2, 0.25) is 0 Å². The van der Waals surface area contributed by atoms with Gasteiger partial charge in [-0.1, -0.05) is 18.2 Å². The van der Waals surface area contributed by atoms with Gasteiger partial charge in [-0.15, -0.1) is 0 Å². The molecule has 0 rings (SSSR count). The highest BCUT2D eigenvalue weighted by Gasteiger charge is 2.00. The van der Waals surface area contributed by atoms with Crippen LogP contribution in [0, 0.1) is 0 Å². The topological polar surface area (TPSA) is 55.8 Å². The van der Waals surface area contributed by atoms with Crippen LogP contribution < -0.4 is 0 Å². The van der Waals surface area contributed by atoms with Gasteiger partial charge in [0.1, 0.15) is 0 Å². The number of ether oxygens (including phenoxy) is 1. The largest absolute Gasteiger partial charge is 0.466 e. The van der Waals surface area contributed by atoms with Crippen molar-refractivity contribution in [3.8, 4) is 0 Å². The number of likely N-dealkylation sites (N-methyl/N-ethyl adjacent to an activating group) is 1. The zero-order chi connectivity index (χ0) is 12.4. The van der Waals surface area contributed by atoms with E-state index in [4.69, 9.17) is 4.74 Å². The summed E-state index contributed by atoms with van der Waals surface area (Å²) >= 11 is 0. The number of carbonyl (C=O) groups excluding carboxylic acids is 2. The summed E-state index contributed by atoms with van der Waals surface area (Å²) in [6.45, 7) is 1.72. The molecule has 0 aliphatic rings. The second-order valence-electron chi connectivity index (χ2n) is 2.93. The molecule has 0 aliphatic carbocycles. The Morgan fingerprint density at radius 3 is 2.56 bits per heavy atom. The van der Waals surface area contributed by atoms with Gasteiger partial charge in [-0.05, 0) is 6.42 Å². The first-order valence-corrected chi connectivity index (χ1v) is 4.86. The summed E-state index contributed by atoms with van der Waals surface area (Å²) in [6.07, 6.45) is 7.13. The molecule has 0 heterocycles. The van der Waals surface area contributed by atoms with E-state index in [1.807, 2.05) is 0 Å². The molecule has 0 aromatic heterocycles. The number of allylic oxidation sites excluding steroid dienone is 2. The number of carbonyl (C=O) groups is 2. The van der Waals surface area contributed by atoms with Crippen molar-refractivity contribution < 1.29 is 19.2 Å². The number of hydroxylamine groups is 2. The Morgan fingerprint density at radius 2 is 2.00 bits per heavy atom. The first kappa shape index (κ1) is 14.4. The van der Waals surface area contributed by atoms with E-state index >= 15 is 0 Å². The van der Waals surface area contributed by atoms with E-state index in [-0.39, 0.29) is 11.9 Å². The molecule has 0 unspecified atom stereocenters. The highest BCUT2D eigenvalue weighted by Crippen LogP contribution is 1.90. The van der Waals surface area contributed by atoms with Gasteiger partial charge < -0.3 is 4.74 Å². The van der Waals surface area contributed by atoms with E-state index in [1.165, 1.54) is 27.2 Å². The molecule has 5 nitrogen and oxygen atoms in total. The van der Waals surface area contributed by atoms with Crippen LogP contribution in [0.3, 0.4) is 0 Å². The Labute approximate surface area is 95.3 Å². The molecule has 16 heavy (non-hydrogen) atoms. The maximum absolute atomic E-state index is 11.2. The maximum atomic E-state index is 11.2. The second-order valence-corrected chi connectivity index (χ2v) is 2.93. The van der Waals surface area contributed by atoms with Crippen LogP contribution in [0.1, 0.15) is 13.3 Å². The SMILES string of the molecule is CON(C)C(=O)/C=C/C=C\CCOC(C)=O. The highest BCUT2D eigenvalue weighted by atomic mass is 16.7. The zero-order valence-electron chi connectivity index (χ0n) is 9.80. The standard InChI is InChI=1S/C11H17NO4/c1-10(13)16-9-7-5-4-6-8-11(14)12(2)15-3/h4-6,8H,7,9H2,1-3H3/b5-4-,8-6+. The number of hydrogen-bond donors (Lipinski definition) is 0. The lowest BCUT2D eigenvalue weighted by Gasteiger charge is -2.09. The smallest absolute Gasteiger partial charge is 0.302 e. The monoisotopic (exact) mass is 227 g/mol. The van der Waals surface area contributed by atoms with Gasteiger partial charge in [-0.2, -0.15) is 0 Å². The molecule has 0 aromatic carbocycles. The fraction of sp³-hybridized carbons (Fsp3) is 0.455. The van der Waals surface area contributed by atoms with Crippen LogP contribution >= 0.6 is 0 Å². The third kappa shape index (κ3) is 7.75. The van der Waals surface area contributed by atoms with Gasteiger partial charge in [-0.25, -0.2) is 5.06 Å². The van der Waals surface area contributed by atoms with E-state index < -0.39 is 0 Å². The van der Waals surface area contributed by atoms with Gasteiger partial charge in [0.15, 0.2) is 0 Å². The van der Waals surface area contributed by atoms with E-state index in [2.05, 4.69) is 4.84 Å². The molecule has 0 aromatic rings. The first-order chi connectivity index (χ1) is 7.57. The van der Waals surface area contributed by atoms with Crippen LogP contribution in [0.25, 0.3) is 0 Å². The van der Waals surface area contributed by atoms with Crippen molar-refractivity contribution in [2.24, 2.45) is 0 Å². The summed E-state index contributed by atoms with van der Waals surface area (Å²) in [5.41, 5.74) is 0. The minimum Gasteiger partial charge on any atom is -0.466 e. The molecule has 0 saturated heterocycles. The summed E-state index contributed by atoms with van der Waals surface area (Å²) in [6, 6.07) is 0. The molecule has 0 N–H and O–H groups in total. The molecule has 90 valence electrons. The van der Waals surface area contributed by atoms with Gasteiger partial charge in [-0.3, -0.25) is 14.4 Å². The van der Waals surface area contributed by atoms with Gasteiger partial charge in [0, 0.05) is 20.0 Å². The average Bonchev–Trinajstić information content (AvgIpc) is 2.25. The molecular weight excluding hydrogens is 210 g/mol. The molecule has 0 aliphatic heterocycles. The lowest BCUT2D eigenvalue weighted by atomic mass is 10.3. The van der Waals surface area contributed by atoms with Crippen LogP contribution in [-0.2, 0) is 19.2 Å². The zero-order valence-corrected chi connectivity index (χ0v) is 9.80. The van der Waals surface area contributed by atoms with Crippen molar-refractivity contribution in [3.05, 3.63) is 24.3 Å². The number of rotatable bonds is 6. The van der Waals surface area contributed by atoms with E-state index in [9.17, 15) is 9.59 Å². The van der Waals surface area contributed by atoms with E-state index in [0.29, 0.717) is 13.0 Å². The lowest BCUT2D eigenvalue weighted by molar-refractivity contribution is -0.162. The number of nitrogens with zero attached hydrogens (tertiary/aromatic N) is 1. The number of hydrogen-bond acceptors (Lipinski definition) is 4. The predicted molar refractivity (Wildman–Crippen MR) is 59.3 cm³/mol. The highest BCUT2D eigenvalue weighted by molar-refractivity contribution is 5.86. The second kappa shape index (κ2) is 8.67. The fourth-order valence-corrected chi connectivity index (χ4v) is 0.778. The van der Waals surface area contributed by atoms with E-state index in [1.54, 1.807) is 18.2 Å². The van der Waals surface area contributed by atoms with Crippen LogP contribution in [0.5, 0.6) is 0 Å². The Bertz CT molecular complexity index is 284. The minimum absolute atomic E-state index is 0.243. The summed E-state index contributed by atoms with van der Waals surface area (Å²) in [7, 11) is 2.94. The maximum Gasteiger partial charge on any atom is 0.302 e. The van der Waals surface area contributed by atoms with Crippen molar-refractivity contribution in [3.63, 3.8) is 0 Å². The van der Waals surface area contributed by atoms with E-state index in [0.717, 1.165) is 5.06 Å². The summed E-state index contributed by atoms with van der Waals surface area (Å²) < 4.78 is 4.72. The quantitative estimate of drug-likeness (QED) is 0.224. The Hall–Kier alpha value is -1.62. The van der Waals surface area contributed by atoms with Crippen LogP contribution in [-0.4, -0.2) is 37.7 Å². The van der Waals surface area contributed by atoms with Gasteiger partial charge in [0.25, 0.3) is 5.91 Å². The summed E-state index contributed by atoms with van der Waals surface area (Å²) in [4.78, 5) is 26.3. The molecular formula is C11H17NO4. The van der Waals surface area contributed by atoms with Crippen LogP contribution in [0.4, 0.5) is 0 Å². The molecule has 0 fully saturated rings. The van der Waals surface area contributed by atoms with Crippen molar-refractivity contribution in [2.45, 2.75) is 13.3 Å². The van der Waals surface area contributed by atoms with Crippen LogP contribution in [0.15, 0.2) is 24.3 Å². The summed E-state index contributed by atoms with van der Waals surface area (Å²) in [5, 5.41) is 1.11. The Morgan fingerprint density at radius 1 is 1.31 bits per heavy atom. The van der Waals surface area contributed by atoms with Gasteiger partial charge >= 0.3 is 5.97 Å². The third-order valence-corrected chi connectivity index (χ3v) is 1.66. The predicted octanol–water partition coefficient (Wildman–Crippen LogP) is 1.07. The third-order valence-electron chi connectivity index (χ3n) is 1.66. The summed E-state index contributed by atoms with van der Waals surface area (Å²) in [5.74, 6) is -0.534. The van der Waals surface area contributed by atoms with Crippen molar-refractivity contribution >= 4 is 11.9 Å². The molecule has 0 saturated carbocycles. The average molecular weight is 227 g/mol. The molecule has 0 spiro atoms.